The van der Waals surface area contributed by atoms with Crippen LogP contribution in [0.3, 0.4) is 0 Å². The molecule has 0 unspecified atom stereocenters. The van der Waals surface area contributed by atoms with E-state index in [9.17, 15) is 15.0 Å². The number of H-pyrrole nitrogens is 1. The molecule has 0 amide bonds. The zero-order chi connectivity index (χ0) is 18.0. The average molecular weight is 343 g/mol. The highest BCUT2D eigenvalue weighted by atomic mass is 16.4. The number of benzene rings is 1. The van der Waals surface area contributed by atoms with E-state index in [4.69, 9.17) is 0 Å². The highest BCUT2D eigenvalue weighted by Gasteiger charge is 2.48. The second kappa shape index (κ2) is 6.98. The van der Waals surface area contributed by atoms with E-state index in [1.54, 1.807) is 0 Å². The quantitative estimate of drug-likeness (QED) is 0.772. The molecule has 1 saturated heterocycles. The van der Waals surface area contributed by atoms with Gasteiger partial charge in [0.2, 0.25) is 0 Å². The van der Waals surface area contributed by atoms with Gasteiger partial charge in [-0.2, -0.15) is 5.10 Å². The highest BCUT2D eigenvalue weighted by molar-refractivity contribution is 5.76. The molecule has 3 rings (SSSR count). The van der Waals surface area contributed by atoms with Gasteiger partial charge in [-0.1, -0.05) is 30.3 Å². The molecule has 134 valence electrons. The van der Waals surface area contributed by atoms with E-state index in [-0.39, 0.29) is 0 Å². The smallest absolute Gasteiger partial charge is 0.312 e. The Kier molecular flexibility index (Phi) is 4.92. The Morgan fingerprint density at radius 3 is 2.64 bits per heavy atom. The molecule has 1 fully saturated rings. The fourth-order valence-corrected chi connectivity index (χ4v) is 3.70. The minimum Gasteiger partial charge on any atom is -0.481 e. The van der Waals surface area contributed by atoms with Gasteiger partial charge in [-0.05, 0) is 38.8 Å². The summed E-state index contributed by atoms with van der Waals surface area (Å²) in [5.41, 5.74) is 2.91. The van der Waals surface area contributed by atoms with Crippen LogP contribution in [-0.4, -0.2) is 50.5 Å². The van der Waals surface area contributed by atoms with Crippen molar-refractivity contribution in [3.63, 3.8) is 0 Å². The summed E-state index contributed by atoms with van der Waals surface area (Å²) in [6.07, 6.45) is -0.137. The summed E-state index contributed by atoms with van der Waals surface area (Å²) in [6.45, 7) is 5.60. The monoisotopic (exact) mass is 343 g/mol. The highest BCUT2D eigenvalue weighted by Crippen LogP contribution is 2.36. The number of likely N-dealkylation sites (tertiary alicyclic amines) is 1. The van der Waals surface area contributed by atoms with Crippen molar-refractivity contribution in [2.75, 3.05) is 13.1 Å². The van der Waals surface area contributed by atoms with Crippen LogP contribution in [-0.2, 0) is 17.8 Å². The number of aryl methyl sites for hydroxylation is 2. The zero-order valence-corrected chi connectivity index (χ0v) is 14.7. The minimum atomic E-state index is -1.13. The van der Waals surface area contributed by atoms with Crippen LogP contribution < -0.4 is 0 Å². The lowest BCUT2D eigenvalue weighted by Crippen LogP contribution is -2.55. The lowest BCUT2D eigenvalue weighted by Gasteiger charge is -2.43. The fourth-order valence-electron chi connectivity index (χ4n) is 3.70. The van der Waals surface area contributed by atoms with E-state index in [1.807, 2.05) is 44.2 Å². The van der Waals surface area contributed by atoms with E-state index in [0.717, 1.165) is 22.5 Å². The topological polar surface area (TPSA) is 89.5 Å². The molecule has 0 bridgehead atoms. The average Bonchev–Trinajstić information content (AvgIpc) is 2.90. The van der Waals surface area contributed by atoms with Crippen molar-refractivity contribution in [1.82, 2.24) is 15.1 Å². The lowest BCUT2D eigenvalue weighted by atomic mass is 9.71. The van der Waals surface area contributed by atoms with Crippen molar-refractivity contribution in [3.8, 4) is 0 Å². The Balaban J connectivity index is 1.75. The second-order valence-corrected chi connectivity index (χ2v) is 7.04. The number of aliphatic carboxylic acids is 1. The first-order valence-electron chi connectivity index (χ1n) is 8.60. The Morgan fingerprint density at radius 1 is 1.36 bits per heavy atom. The van der Waals surface area contributed by atoms with E-state index in [2.05, 4.69) is 15.1 Å². The third kappa shape index (κ3) is 3.45. The third-order valence-electron chi connectivity index (χ3n) is 5.39. The van der Waals surface area contributed by atoms with Gasteiger partial charge in [0.25, 0.3) is 0 Å². The number of rotatable bonds is 5. The van der Waals surface area contributed by atoms with Crippen LogP contribution >= 0.6 is 0 Å². The van der Waals surface area contributed by atoms with Gasteiger partial charge in [0.15, 0.2) is 0 Å². The molecule has 1 aromatic heterocycles. The number of nitrogens with zero attached hydrogens (tertiary/aromatic N) is 2. The number of aromatic amines is 1. The SMILES string of the molecule is Cc1n[nH]c(C)c1CN1CC[C@](Cc2ccccc2)(C(=O)O)[C@H](O)C1. The number of carboxylic acids is 1. The summed E-state index contributed by atoms with van der Waals surface area (Å²) < 4.78 is 0. The van der Waals surface area contributed by atoms with Gasteiger partial charge in [-0.25, -0.2) is 0 Å². The van der Waals surface area contributed by atoms with Gasteiger partial charge in [0, 0.05) is 24.3 Å². The van der Waals surface area contributed by atoms with Crippen LogP contribution in [0.25, 0.3) is 0 Å². The van der Waals surface area contributed by atoms with Crippen LogP contribution in [0, 0.1) is 19.3 Å². The zero-order valence-electron chi connectivity index (χ0n) is 14.7. The number of piperidine rings is 1. The van der Waals surface area contributed by atoms with Crippen molar-refractivity contribution >= 4 is 5.97 Å². The summed E-state index contributed by atoms with van der Waals surface area (Å²) in [6, 6.07) is 9.54. The molecule has 2 aromatic rings. The Hall–Kier alpha value is -2.18. The molecular weight excluding hydrogens is 318 g/mol. The first-order valence-corrected chi connectivity index (χ1v) is 8.60. The largest absolute Gasteiger partial charge is 0.481 e. The number of β-amino-alcohol motifs (C(OH)–C–C–N with tert-alkyl or cyclic N) is 1. The molecule has 0 spiro atoms. The van der Waals surface area contributed by atoms with Crippen molar-refractivity contribution in [3.05, 3.63) is 52.8 Å². The first kappa shape index (κ1) is 17.6. The summed E-state index contributed by atoms with van der Waals surface area (Å²) in [5.74, 6) is -0.917. The number of carboxylic acid groups (broad SMARTS) is 1. The van der Waals surface area contributed by atoms with E-state index >= 15 is 0 Å². The molecule has 1 aliphatic rings. The van der Waals surface area contributed by atoms with E-state index in [1.165, 1.54) is 0 Å². The number of aromatic nitrogens is 2. The van der Waals surface area contributed by atoms with Crippen LogP contribution in [0.1, 0.15) is 28.9 Å². The number of aliphatic hydroxyl groups is 1. The molecule has 6 heteroatoms. The normalized spacial score (nSPS) is 24.4. The summed E-state index contributed by atoms with van der Waals surface area (Å²) in [4.78, 5) is 14.1. The first-order chi connectivity index (χ1) is 11.9. The molecule has 2 atom stereocenters. The Labute approximate surface area is 147 Å². The maximum atomic E-state index is 12.0. The van der Waals surface area contributed by atoms with Crippen molar-refractivity contribution in [1.29, 1.82) is 0 Å². The number of hydrogen-bond donors (Lipinski definition) is 3. The summed E-state index contributed by atoms with van der Waals surface area (Å²) in [7, 11) is 0. The van der Waals surface area contributed by atoms with Crippen molar-refractivity contribution < 1.29 is 15.0 Å². The Morgan fingerprint density at radius 2 is 2.08 bits per heavy atom. The predicted molar refractivity (Wildman–Crippen MR) is 94.2 cm³/mol. The second-order valence-electron chi connectivity index (χ2n) is 7.04. The number of aliphatic hydroxyl groups excluding tert-OH is 1. The van der Waals surface area contributed by atoms with Crippen molar-refractivity contribution in [2.24, 2.45) is 5.41 Å². The Bertz CT molecular complexity index is 724. The van der Waals surface area contributed by atoms with E-state index in [0.29, 0.717) is 32.5 Å². The maximum absolute atomic E-state index is 12.0. The molecule has 0 saturated carbocycles. The van der Waals surface area contributed by atoms with Gasteiger partial charge in [-0.15, -0.1) is 0 Å². The molecular formula is C19H25N3O3. The molecule has 2 heterocycles. The number of hydrogen-bond acceptors (Lipinski definition) is 4. The van der Waals surface area contributed by atoms with Gasteiger partial charge in [-0.3, -0.25) is 14.8 Å². The predicted octanol–water partition coefficient (Wildman–Crippen LogP) is 1.91. The van der Waals surface area contributed by atoms with Crippen LogP contribution in [0.2, 0.25) is 0 Å². The van der Waals surface area contributed by atoms with Gasteiger partial charge in [0.05, 0.1) is 11.8 Å². The lowest BCUT2D eigenvalue weighted by molar-refractivity contribution is -0.163. The number of nitrogens with one attached hydrogen (secondary N) is 1. The standard InChI is InChI=1S/C19H25N3O3/c1-13-16(14(2)21-20-13)11-22-9-8-19(18(24)25,17(23)12-22)10-15-6-4-3-5-7-15/h3-7,17,23H,8-12H2,1-2H3,(H,20,21)(H,24,25)/t17-,19-/m1/s1. The minimum absolute atomic E-state index is 0.349. The number of carbonyl (C=O) groups is 1. The van der Waals surface area contributed by atoms with Gasteiger partial charge < -0.3 is 10.2 Å². The molecule has 1 aliphatic heterocycles. The van der Waals surface area contributed by atoms with Crippen LogP contribution in [0.4, 0.5) is 0 Å². The molecule has 3 N–H and O–H groups in total. The summed E-state index contributed by atoms with van der Waals surface area (Å²) >= 11 is 0. The molecule has 25 heavy (non-hydrogen) atoms. The molecule has 1 aromatic carbocycles. The van der Waals surface area contributed by atoms with Crippen LogP contribution in [0.15, 0.2) is 30.3 Å². The maximum Gasteiger partial charge on any atom is 0.312 e. The third-order valence-corrected chi connectivity index (χ3v) is 5.39. The molecule has 6 nitrogen and oxygen atoms in total. The molecule has 0 radical (unpaired) electrons. The van der Waals surface area contributed by atoms with Crippen LogP contribution in [0.5, 0.6) is 0 Å². The van der Waals surface area contributed by atoms with Crippen molar-refractivity contribution in [2.45, 2.75) is 39.3 Å². The molecule has 0 aliphatic carbocycles. The summed E-state index contributed by atoms with van der Waals surface area (Å²) in [5, 5.41) is 27.8. The van der Waals surface area contributed by atoms with Gasteiger partial charge >= 0.3 is 5.97 Å². The van der Waals surface area contributed by atoms with E-state index < -0.39 is 17.5 Å². The van der Waals surface area contributed by atoms with Gasteiger partial charge in [0.1, 0.15) is 5.41 Å². The fraction of sp³-hybridized carbons (Fsp3) is 0.474.